The number of hydrogen-bond acceptors (Lipinski definition) is 7. The van der Waals surface area contributed by atoms with E-state index in [1.165, 1.54) is 7.11 Å². The maximum Gasteiger partial charge on any atom is 0.312 e. The Labute approximate surface area is 169 Å². The van der Waals surface area contributed by atoms with Gasteiger partial charge in [0, 0.05) is 18.2 Å². The number of rotatable bonds is 4. The van der Waals surface area contributed by atoms with Crippen molar-refractivity contribution < 1.29 is 24.2 Å². The van der Waals surface area contributed by atoms with Crippen LogP contribution >= 0.6 is 0 Å². The van der Waals surface area contributed by atoms with Crippen LogP contribution < -0.4 is 10.1 Å². The van der Waals surface area contributed by atoms with Gasteiger partial charge >= 0.3 is 5.97 Å². The number of pyridine rings is 2. The largest absolute Gasteiger partial charge is 0.481 e. The first-order valence-corrected chi connectivity index (χ1v) is 9.69. The van der Waals surface area contributed by atoms with E-state index in [0.717, 1.165) is 0 Å². The molecule has 29 heavy (non-hydrogen) atoms. The number of carbonyl (C=O) groups excluding carboxylic acids is 2. The molecule has 0 saturated heterocycles. The van der Waals surface area contributed by atoms with Gasteiger partial charge in [-0.25, -0.2) is 4.98 Å². The molecule has 3 rings (SSSR count). The van der Waals surface area contributed by atoms with Crippen molar-refractivity contribution in [3.8, 4) is 5.88 Å². The van der Waals surface area contributed by atoms with Gasteiger partial charge < -0.3 is 19.9 Å². The molecule has 1 aliphatic carbocycles. The number of aromatic nitrogens is 2. The minimum atomic E-state index is -0.915. The summed E-state index contributed by atoms with van der Waals surface area (Å²) in [6.45, 7) is 5.37. The van der Waals surface area contributed by atoms with E-state index < -0.39 is 29.5 Å². The second-order valence-corrected chi connectivity index (χ2v) is 8.29. The average Bonchev–Trinajstić information content (AvgIpc) is 2.66. The van der Waals surface area contributed by atoms with Crippen LogP contribution in [0.15, 0.2) is 24.4 Å². The van der Waals surface area contributed by atoms with Crippen LogP contribution in [0, 0.1) is 11.8 Å². The lowest BCUT2D eigenvalue weighted by molar-refractivity contribution is -0.167. The number of fused-ring (bicyclic) bond motifs is 1. The molecule has 2 N–H and O–H groups in total. The van der Waals surface area contributed by atoms with Gasteiger partial charge in [-0.05, 0) is 52.2 Å². The Morgan fingerprint density at radius 2 is 1.97 bits per heavy atom. The molecule has 0 spiro atoms. The van der Waals surface area contributed by atoms with Crippen molar-refractivity contribution >= 4 is 28.6 Å². The van der Waals surface area contributed by atoms with Crippen molar-refractivity contribution in [3.63, 3.8) is 0 Å². The monoisotopic (exact) mass is 401 g/mol. The lowest BCUT2D eigenvalue weighted by atomic mass is 9.79. The number of hydrogen-bond donors (Lipinski definition) is 2. The van der Waals surface area contributed by atoms with Gasteiger partial charge in [-0.2, -0.15) is 0 Å². The van der Waals surface area contributed by atoms with Gasteiger partial charge in [0.1, 0.15) is 11.1 Å². The molecule has 2 aromatic heterocycles. The van der Waals surface area contributed by atoms with Crippen molar-refractivity contribution in [3.05, 3.63) is 24.4 Å². The number of carbonyl (C=O) groups is 2. The maximum absolute atomic E-state index is 12.8. The molecule has 3 atom stereocenters. The van der Waals surface area contributed by atoms with Gasteiger partial charge in [-0.3, -0.25) is 14.6 Å². The molecule has 0 bridgehead atoms. The summed E-state index contributed by atoms with van der Waals surface area (Å²) in [5, 5.41) is 13.3. The van der Waals surface area contributed by atoms with Gasteiger partial charge in [0.15, 0.2) is 0 Å². The van der Waals surface area contributed by atoms with E-state index in [0.29, 0.717) is 35.4 Å². The molecule has 0 aliphatic heterocycles. The fraction of sp³-hybridized carbons (Fsp3) is 0.524. The molecule has 1 saturated carbocycles. The van der Waals surface area contributed by atoms with Crippen molar-refractivity contribution in [1.29, 1.82) is 0 Å². The quantitative estimate of drug-likeness (QED) is 0.758. The number of nitrogens with zero attached hydrogens (tertiary/aromatic N) is 2. The lowest BCUT2D eigenvalue weighted by Crippen LogP contribution is -2.41. The molecule has 156 valence electrons. The summed E-state index contributed by atoms with van der Waals surface area (Å²) in [6, 6.07) is 5.15. The van der Waals surface area contributed by atoms with Crippen LogP contribution in [0.1, 0.15) is 40.0 Å². The minimum Gasteiger partial charge on any atom is -0.481 e. The molecule has 2 aromatic rings. The first-order valence-electron chi connectivity index (χ1n) is 9.69. The van der Waals surface area contributed by atoms with Crippen LogP contribution in [0.25, 0.3) is 11.0 Å². The number of nitrogens with one attached hydrogen (secondary N) is 1. The molecular formula is C21H27N3O5. The molecule has 0 radical (unpaired) electrons. The summed E-state index contributed by atoms with van der Waals surface area (Å²) in [6.07, 6.45) is 1.78. The Morgan fingerprint density at radius 3 is 2.62 bits per heavy atom. The van der Waals surface area contributed by atoms with E-state index >= 15 is 0 Å². The Hall–Kier alpha value is -2.74. The van der Waals surface area contributed by atoms with Crippen molar-refractivity contribution in [2.75, 3.05) is 12.4 Å². The van der Waals surface area contributed by atoms with E-state index in [2.05, 4.69) is 15.3 Å². The number of ether oxygens (including phenoxy) is 2. The number of esters is 1. The lowest BCUT2D eigenvalue weighted by Gasteiger charge is -2.33. The molecule has 1 fully saturated rings. The van der Waals surface area contributed by atoms with E-state index in [4.69, 9.17) is 9.47 Å². The summed E-state index contributed by atoms with van der Waals surface area (Å²) in [7, 11) is 1.52. The third kappa shape index (κ3) is 5.00. The van der Waals surface area contributed by atoms with Gasteiger partial charge in [-0.1, -0.05) is 0 Å². The number of methoxy groups -OCH3 is 1. The van der Waals surface area contributed by atoms with Crippen LogP contribution in [-0.2, 0) is 14.3 Å². The molecular weight excluding hydrogens is 374 g/mol. The van der Waals surface area contributed by atoms with Crippen LogP contribution in [0.4, 0.5) is 5.69 Å². The van der Waals surface area contributed by atoms with Crippen LogP contribution in [0.2, 0.25) is 0 Å². The maximum atomic E-state index is 12.8. The highest BCUT2D eigenvalue weighted by Gasteiger charge is 2.38. The normalized spacial score (nSPS) is 22.2. The van der Waals surface area contributed by atoms with E-state index in [9.17, 15) is 14.7 Å². The first kappa shape index (κ1) is 21.0. The fourth-order valence-corrected chi connectivity index (χ4v) is 3.49. The van der Waals surface area contributed by atoms with E-state index in [-0.39, 0.29) is 12.3 Å². The highest BCUT2D eigenvalue weighted by Crippen LogP contribution is 2.32. The SMILES string of the molecule is COc1ccc2nccc(NC(=O)[C@H]3CC[C@H](C(=O)OC(C)(C)C)[C@@H](O)C3)c2n1. The number of aliphatic hydroxyl groups is 1. The Morgan fingerprint density at radius 1 is 1.21 bits per heavy atom. The predicted octanol–water partition coefficient (Wildman–Crippen LogP) is 2.70. The van der Waals surface area contributed by atoms with Crippen molar-refractivity contribution in [2.45, 2.75) is 51.7 Å². The topological polar surface area (TPSA) is 111 Å². The average molecular weight is 401 g/mol. The van der Waals surface area contributed by atoms with Gasteiger partial charge in [-0.15, -0.1) is 0 Å². The third-order valence-corrected chi connectivity index (χ3v) is 4.92. The molecule has 8 nitrogen and oxygen atoms in total. The molecule has 0 aromatic carbocycles. The third-order valence-electron chi connectivity index (χ3n) is 4.92. The zero-order valence-corrected chi connectivity index (χ0v) is 17.1. The van der Waals surface area contributed by atoms with Gasteiger partial charge in [0.2, 0.25) is 11.8 Å². The second-order valence-electron chi connectivity index (χ2n) is 8.29. The standard InChI is InChI=1S/C21H27N3O5/c1-21(2,3)29-20(27)13-6-5-12(11-16(13)25)19(26)23-15-9-10-22-14-7-8-17(28-4)24-18(14)15/h7-10,12-13,16,25H,5-6,11H2,1-4H3,(H,22,23,26)/t12-,13-,16-/m0/s1. The summed E-state index contributed by atoms with van der Waals surface area (Å²) in [5.74, 6) is -1.22. The summed E-state index contributed by atoms with van der Waals surface area (Å²) < 4.78 is 10.5. The minimum absolute atomic E-state index is 0.204. The summed E-state index contributed by atoms with van der Waals surface area (Å²) in [5.41, 5.74) is 1.09. The highest BCUT2D eigenvalue weighted by atomic mass is 16.6. The molecule has 0 unspecified atom stereocenters. The molecule has 2 heterocycles. The summed E-state index contributed by atoms with van der Waals surface area (Å²) >= 11 is 0. The van der Waals surface area contributed by atoms with Crippen LogP contribution in [-0.4, -0.2) is 45.8 Å². The Balaban J connectivity index is 1.68. The number of aliphatic hydroxyl groups excluding tert-OH is 1. The van der Waals surface area contributed by atoms with Crippen LogP contribution in [0.5, 0.6) is 5.88 Å². The zero-order valence-electron chi connectivity index (χ0n) is 17.1. The van der Waals surface area contributed by atoms with Crippen molar-refractivity contribution in [2.24, 2.45) is 11.8 Å². The second kappa shape index (κ2) is 8.32. The molecule has 8 heteroatoms. The highest BCUT2D eigenvalue weighted by molar-refractivity contribution is 6.00. The summed E-state index contributed by atoms with van der Waals surface area (Å²) in [4.78, 5) is 33.7. The van der Waals surface area contributed by atoms with E-state index in [1.54, 1.807) is 45.2 Å². The number of anilines is 1. The molecule has 1 amide bonds. The Bertz CT molecular complexity index is 909. The predicted molar refractivity (Wildman–Crippen MR) is 107 cm³/mol. The number of amides is 1. The smallest absolute Gasteiger partial charge is 0.312 e. The fourth-order valence-electron chi connectivity index (χ4n) is 3.49. The first-order chi connectivity index (χ1) is 13.7. The van der Waals surface area contributed by atoms with Crippen LogP contribution in [0.3, 0.4) is 0 Å². The van der Waals surface area contributed by atoms with Crippen molar-refractivity contribution in [1.82, 2.24) is 9.97 Å². The molecule has 1 aliphatic rings. The van der Waals surface area contributed by atoms with Gasteiger partial charge in [0.25, 0.3) is 0 Å². The zero-order chi connectivity index (χ0) is 21.2. The van der Waals surface area contributed by atoms with E-state index in [1.807, 2.05) is 0 Å². The van der Waals surface area contributed by atoms with Gasteiger partial charge in [0.05, 0.1) is 30.3 Å². The Kier molecular flexibility index (Phi) is 6.02.